The van der Waals surface area contributed by atoms with Crippen molar-refractivity contribution in [1.29, 1.82) is 0 Å². The molecule has 0 aliphatic carbocycles. The topological polar surface area (TPSA) is 41.1 Å². The quantitative estimate of drug-likeness (QED) is 0.869. The molecule has 2 aromatic rings. The molecule has 0 bridgehead atoms. The maximum Gasteiger partial charge on any atom is 0.227 e. The van der Waals surface area contributed by atoms with E-state index in [0.717, 1.165) is 24.9 Å². The van der Waals surface area contributed by atoms with Crippen molar-refractivity contribution in [3.05, 3.63) is 41.6 Å². The molecule has 1 unspecified atom stereocenters. The zero-order chi connectivity index (χ0) is 17.1. The summed E-state index contributed by atoms with van der Waals surface area (Å²) in [7, 11) is 0. The van der Waals surface area contributed by atoms with Gasteiger partial charge in [-0.2, -0.15) is 4.98 Å². The van der Waals surface area contributed by atoms with Crippen LogP contribution in [0.4, 0.5) is 17.5 Å². The lowest BCUT2D eigenvalue weighted by atomic mass is 9.98. The summed E-state index contributed by atoms with van der Waals surface area (Å²) in [4.78, 5) is 11.6. The van der Waals surface area contributed by atoms with Crippen LogP contribution in [0.3, 0.4) is 0 Å². The molecule has 1 atom stereocenters. The van der Waals surface area contributed by atoms with Gasteiger partial charge in [-0.05, 0) is 48.8 Å². The Labute approximate surface area is 145 Å². The molecular formula is C20H28N4. The van der Waals surface area contributed by atoms with Crippen LogP contribution in [0.2, 0.25) is 0 Å². The fourth-order valence-electron chi connectivity index (χ4n) is 3.41. The van der Waals surface area contributed by atoms with Gasteiger partial charge in [0.15, 0.2) is 0 Å². The van der Waals surface area contributed by atoms with E-state index in [-0.39, 0.29) is 0 Å². The highest BCUT2D eigenvalue weighted by molar-refractivity contribution is 5.66. The number of para-hydroxylation sites is 1. The second-order valence-electron chi connectivity index (χ2n) is 7.25. The number of aromatic nitrogens is 2. The second-order valence-corrected chi connectivity index (χ2v) is 7.25. The third kappa shape index (κ3) is 3.69. The molecule has 1 aromatic carbocycles. The van der Waals surface area contributed by atoms with Crippen molar-refractivity contribution in [2.45, 2.75) is 46.5 Å². The normalized spacial score (nSPS) is 18.0. The fourth-order valence-corrected chi connectivity index (χ4v) is 3.41. The number of hydrogen-bond acceptors (Lipinski definition) is 4. The minimum Gasteiger partial charge on any atom is -0.341 e. The van der Waals surface area contributed by atoms with E-state index in [2.05, 4.69) is 61.1 Å². The summed E-state index contributed by atoms with van der Waals surface area (Å²) in [5.74, 6) is 2.89. The van der Waals surface area contributed by atoms with E-state index >= 15 is 0 Å². The molecular weight excluding hydrogens is 296 g/mol. The molecule has 1 aliphatic rings. The van der Waals surface area contributed by atoms with Crippen LogP contribution in [0.25, 0.3) is 0 Å². The highest BCUT2D eigenvalue weighted by Crippen LogP contribution is 2.30. The van der Waals surface area contributed by atoms with Crippen LogP contribution in [0, 0.1) is 12.8 Å². The second kappa shape index (κ2) is 7.20. The van der Waals surface area contributed by atoms with Gasteiger partial charge in [-0.25, -0.2) is 4.98 Å². The predicted molar refractivity (Wildman–Crippen MR) is 101 cm³/mol. The predicted octanol–water partition coefficient (Wildman–Crippen LogP) is 4.89. The Hall–Kier alpha value is -2.10. The molecule has 128 valence electrons. The highest BCUT2D eigenvalue weighted by Gasteiger charge is 2.19. The number of nitrogens with zero attached hydrogens (tertiary/aromatic N) is 3. The molecule has 24 heavy (non-hydrogen) atoms. The monoisotopic (exact) mass is 324 g/mol. The SMILES string of the molecule is Cc1cccc(C(C)C)c1Nc1ccnc(N2CCCC(C)C2)n1. The Balaban J connectivity index is 1.85. The molecule has 0 saturated carbocycles. The number of nitrogens with one attached hydrogen (secondary N) is 1. The number of anilines is 3. The van der Waals surface area contributed by atoms with Gasteiger partial charge in [-0.15, -0.1) is 0 Å². The van der Waals surface area contributed by atoms with Gasteiger partial charge in [0.05, 0.1) is 0 Å². The minimum absolute atomic E-state index is 0.469. The van der Waals surface area contributed by atoms with Crippen molar-refractivity contribution >= 4 is 17.5 Å². The van der Waals surface area contributed by atoms with Crippen LogP contribution in [-0.2, 0) is 0 Å². The third-order valence-corrected chi connectivity index (χ3v) is 4.76. The van der Waals surface area contributed by atoms with Gasteiger partial charge in [-0.3, -0.25) is 0 Å². The summed E-state index contributed by atoms with van der Waals surface area (Å²) in [6, 6.07) is 8.40. The van der Waals surface area contributed by atoms with Crippen LogP contribution in [0.15, 0.2) is 30.5 Å². The molecule has 4 heteroatoms. The molecule has 1 aromatic heterocycles. The summed E-state index contributed by atoms with van der Waals surface area (Å²) in [6.07, 6.45) is 4.38. The van der Waals surface area contributed by atoms with E-state index in [1.165, 1.54) is 29.7 Å². The molecule has 1 aliphatic heterocycles. The van der Waals surface area contributed by atoms with Gasteiger partial charge < -0.3 is 10.2 Å². The van der Waals surface area contributed by atoms with E-state index in [0.29, 0.717) is 11.8 Å². The van der Waals surface area contributed by atoms with Gasteiger partial charge in [0.1, 0.15) is 5.82 Å². The Morgan fingerprint density at radius 1 is 1.25 bits per heavy atom. The molecule has 1 N–H and O–H groups in total. The summed E-state index contributed by atoms with van der Waals surface area (Å²) < 4.78 is 0. The summed E-state index contributed by atoms with van der Waals surface area (Å²) in [6.45, 7) is 11.0. The Kier molecular flexibility index (Phi) is 5.03. The van der Waals surface area contributed by atoms with Crippen LogP contribution in [0.5, 0.6) is 0 Å². The lowest BCUT2D eigenvalue weighted by molar-refractivity contribution is 0.442. The smallest absolute Gasteiger partial charge is 0.227 e. The summed E-state index contributed by atoms with van der Waals surface area (Å²) in [5.41, 5.74) is 3.74. The maximum absolute atomic E-state index is 4.77. The zero-order valence-corrected chi connectivity index (χ0v) is 15.2. The maximum atomic E-state index is 4.77. The van der Waals surface area contributed by atoms with Gasteiger partial charge in [0.25, 0.3) is 0 Å². The summed E-state index contributed by atoms with van der Waals surface area (Å²) in [5, 5.41) is 3.54. The van der Waals surface area contributed by atoms with E-state index in [1.54, 1.807) is 0 Å². The van der Waals surface area contributed by atoms with E-state index in [9.17, 15) is 0 Å². The van der Waals surface area contributed by atoms with Crippen molar-refractivity contribution in [3.8, 4) is 0 Å². The standard InChI is InChI=1S/C20H28N4/c1-14(2)17-9-5-8-16(4)19(17)22-18-10-11-21-20(23-18)24-12-6-7-15(3)13-24/h5,8-11,14-15H,6-7,12-13H2,1-4H3,(H,21,22,23). The Morgan fingerprint density at radius 3 is 2.83 bits per heavy atom. The van der Waals surface area contributed by atoms with E-state index in [4.69, 9.17) is 4.98 Å². The van der Waals surface area contributed by atoms with Crippen LogP contribution >= 0.6 is 0 Å². The van der Waals surface area contributed by atoms with Gasteiger partial charge in [0.2, 0.25) is 5.95 Å². The van der Waals surface area contributed by atoms with E-state index in [1.807, 2.05) is 12.3 Å². The first kappa shape index (κ1) is 16.7. The lowest BCUT2D eigenvalue weighted by Crippen LogP contribution is -2.35. The molecule has 0 spiro atoms. The van der Waals surface area contributed by atoms with Crippen LogP contribution < -0.4 is 10.2 Å². The fraction of sp³-hybridized carbons (Fsp3) is 0.500. The first-order valence-corrected chi connectivity index (χ1v) is 8.99. The molecule has 1 fully saturated rings. The molecule has 3 rings (SSSR count). The van der Waals surface area contributed by atoms with Crippen molar-refractivity contribution in [3.63, 3.8) is 0 Å². The summed E-state index contributed by atoms with van der Waals surface area (Å²) >= 11 is 0. The van der Waals surface area contributed by atoms with Gasteiger partial charge >= 0.3 is 0 Å². The largest absolute Gasteiger partial charge is 0.341 e. The Morgan fingerprint density at radius 2 is 2.08 bits per heavy atom. The number of benzene rings is 1. The Bertz CT molecular complexity index is 696. The molecule has 2 heterocycles. The average molecular weight is 324 g/mol. The minimum atomic E-state index is 0.469. The van der Waals surface area contributed by atoms with Crippen molar-refractivity contribution in [2.24, 2.45) is 5.92 Å². The van der Waals surface area contributed by atoms with Gasteiger partial charge in [-0.1, -0.05) is 39.0 Å². The van der Waals surface area contributed by atoms with Crippen molar-refractivity contribution in [2.75, 3.05) is 23.3 Å². The number of aryl methyl sites for hydroxylation is 1. The molecule has 4 nitrogen and oxygen atoms in total. The van der Waals surface area contributed by atoms with Crippen molar-refractivity contribution < 1.29 is 0 Å². The molecule has 0 radical (unpaired) electrons. The number of hydrogen-bond donors (Lipinski definition) is 1. The van der Waals surface area contributed by atoms with Crippen LogP contribution in [-0.4, -0.2) is 23.1 Å². The van der Waals surface area contributed by atoms with Gasteiger partial charge in [0, 0.05) is 25.0 Å². The van der Waals surface area contributed by atoms with Crippen molar-refractivity contribution in [1.82, 2.24) is 9.97 Å². The molecule has 1 saturated heterocycles. The average Bonchev–Trinajstić information content (AvgIpc) is 2.57. The first-order chi connectivity index (χ1) is 11.5. The first-order valence-electron chi connectivity index (χ1n) is 8.99. The lowest BCUT2D eigenvalue weighted by Gasteiger charge is -2.31. The number of piperidine rings is 1. The van der Waals surface area contributed by atoms with Crippen LogP contribution in [0.1, 0.15) is 50.7 Å². The number of rotatable bonds is 4. The molecule has 0 amide bonds. The van der Waals surface area contributed by atoms with E-state index < -0.39 is 0 Å². The third-order valence-electron chi connectivity index (χ3n) is 4.76. The zero-order valence-electron chi connectivity index (χ0n) is 15.2. The highest BCUT2D eigenvalue weighted by atomic mass is 15.3.